The van der Waals surface area contributed by atoms with Gasteiger partial charge in [-0.3, -0.25) is 4.79 Å². The summed E-state index contributed by atoms with van der Waals surface area (Å²) in [5, 5.41) is 9.06. The molecular weight excluding hydrogens is 166 g/mol. The van der Waals surface area contributed by atoms with Gasteiger partial charge in [0.1, 0.15) is 0 Å². The fraction of sp³-hybridized carbons (Fsp3) is 0.900. The molecule has 1 rings (SSSR count). The highest BCUT2D eigenvalue weighted by Crippen LogP contribution is 2.26. The summed E-state index contributed by atoms with van der Waals surface area (Å²) in [6.07, 6.45) is 5.31. The van der Waals surface area contributed by atoms with Crippen molar-refractivity contribution in [3.63, 3.8) is 0 Å². The molecule has 2 atom stereocenters. The van der Waals surface area contributed by atoms with Crippen LogP contribution in [-0.4, -0.2) is 36.1 Å². The summed E-state index contributed by atoms with van der Waals surface area (Å²) >= 11 is 0. The minimum atomic E-state index is -0.624. The van der Waals surface area contributed by atoms with Crippen LogP contribution < -0.4 is 0 Å². The maximum atomic E-state index is 11.0. The standard InChI is InChI=1S/C10H19NO2/c1-11(2)9-7-5-3-4-6-8(9)10(12)13/h8-9H,3-7H2,1-2H3,(H,12,13). The quantitative estimate of drug-likeness (QED) is 0.664. The van der Waals surface area contributed by atoms with E-state index in [0.717, 1.165) is 19.3 Å². The van der Waals surface area contributed by atoms with Gasteiger partial charge in [0.25, 0.3) is 0 Å². The van der Waals surface area contributed by atoms with E-state index in [0.29, 0.717) is 0 Å². The van der Waals surface area contributed by atoms with Gasteiger partial charge in [-0.15, -0.1) is 0 Å². The second-order valence-electron chi connectivity index (χ2n) is 4.11. The molecule has 0 aromatic heterocycles. The van der Waals surface area contributed by atoms with Crippen LogP contribution in [0.15, 0.2) is 0 Å². The third-order valence-corrected chi connectivity index (χ3v) is 2.96. The van der Waals surface area contributed by atoms with Crippen LogP contribution in [0.25, 0.3) is 0 Å². The monoisotopic (exact) mass is 185 g/mol. The maximum absolute atomic E-state index is 11.0. The molecule has 0 bridgehead atoms. The van der Waals surface area contributed by atoms with Crippen molar-refractivity contribution in [1.29, 1.82) is 0 Å². The van der Waals surface area contributed by atoms with Gasteiger partial charge in [0.2, 0.25) is 0 Å². The molecule has 0 aliphatic heterocycles. The van der Waals surface area contributed by atoms with E-state index in [-0.39, 0.29) is 12.0 Å². The Bertz CT molecular complexity index is 180. The van der Waals surface area contributed by atoms with Crippen molar-refractivity contribution < 1.29 is 9.90 Å². The highest BCUT2D eigenvalue weighted by atomic mass is 16.4. The Morgan fingerprint density at radius 1 is 1.23 bits per heavy atom. The lowest BCUT2D eigenvalue weighted by Gasteiger charge is -2.27. The molecular formula is C10H19NO2. The first-order chi connectivity index (χ1) is 6.13. The lowest BCUT2D eigenvalue weighted by molar-refractivity contribution is -0.144. The van der Waals surface area contributed by atoms with Crippen LogP contribution in [0.1, 0.15) is 32.1 Å². The van der Waals surface area contributed by atoms with Gasteiger partial charge in [-0.05, 0) is 26.9 Å². The van der Waals surface area contributed by atoms with Gasteiger partial charge in [-0.2, -0.15) is 0 Å². The van der Waals surface area contributed by atoms with Crippen LogP contribution in [-0.2, 0) is 4.79 Å². The summed E-state index contributed by atoms with van der Waals surface area (Å²) in [6, 6.07) is 0.236. The molecule has 13 heavy (non-hydrogen) atoms. The van der Waals surface area contributed by atoms with Crippen LogP contribution in [0.5, 0.6) is 0 Å². The van der Waals surface area contributed by atoms with Crippen LogP contribution >= 0.6 is 0 Å². The molecule has 76 valence electrons. The number of rotatable bonds is 2. The summed E-state index contributed by atoms with van der Waals surface area (Å²) < 4.78 is 0. The molecule has 1 aliphatic carbocycles. The van der Waals surface area contributed by atoms with Gasteiger partial charge >= 0.3 is 5.97 Å². The van der Waals surface area contributed by atoms with E-state index in [1.165, 1.54) is 12.8 Å². The summed E-state index contributed by atoms with van der Waals surface area (Å²) in [5.41, 5.74) is 0. The largest absolute Gasteiger partial charge is 0.481 e. The van der Waals surface area contributed by atoms with E-state index in [1.807, 2.05) is 14.1 Å². The van der Waals surface area contributed by atoms with Crippen LogP contribution in [0.4, 0.5) is 0 Å². The average Bonchev–Trinajstić information content (AvgIpc) is 2.27. The Hall–Kier alpha value is -0.570. The van der Waals surface area contributed by atoms with E-state index in [9.17, 15) is 4.79 Å². The van der Waals surface area contributed by atoms with Gasteiger partial charge in [0, 0.05) is 6.04 Å². The number of carboxylic acids is 1. The van der Waals surface area contributed by atoms with E-state index >= 15 is 0 Å². The Kier molecular flexibility index (Phi) is 3.72. The first kappa shape index (κ1) is 10.5. The number of aliphatic carboxylic acids is 1. The Morgan fingerprint density at radius 3 is 2.38 bits per heavy atom. The number of carbonyl (C=O) groups is 1. The molecule has 1 saturated carbocycles. The molecule has 1 N–H and O–H groups in total. The summed E-state index contributed by atoms with van der Waals surface area (Å²) in [5.74, 6) is -0.780. The molecule has 0 aromatic rings. The molecule has 0 radical (unpaired) electrons. The van der Waals surface area contributed by atoms with Crippen LogP contribution in [0.2, 0.25) is 0 Å². The highest BCUT2D eigenvalue weighted by Gasteiger charge is 2.30. The van der Waals surface area contributed by atoms with Gasteiger partial charge in [-0.25, -0.2) is 0 Å². The second kappa shape index (κ2) is 4.61. The highest BCUT2D eigenvalue weighted by molar-refractivity contribution is 5.70. The molecule has 0 spiro atoms. The van der Waals surface area contributed by atoms with Crippen LogP contribution in [0, 0.1) is 5.92 Å². The van der Waals surface area contributed by atoms with Gasteiger partial charge in [0.15, 0.2) is 0 Å². The first-order valence-electron chi connectivity index (χ1n) is 5.02. The molecule has 3 nitrogen and oxygen atoms in total. The minimum absolute atomic E-state index is 0.155. The zero-order valence-electron chi connectivity index (χ0n) is 8.49. The van der Waals surface area contributed by atoms with Crippen molar-refractivity contribution in [3.05, 3.63) is 0 Å². The predicted molar refractivity (Wildman–Crippen MR) is 51.7 cm³/mol. The SMILES string of the molecule is CN(C)C1CCCCCC1C(=O)O. The molecule has 0 heterocycles. The summed E-state index contributed by atoms with van der Waals surface area (Å²) in [6.45, 7) is 0. The van der Waals surface area contributed by atoms with Crippen molar-refractivity contribution >= 4 is 5.97 Å². The lowest BCUT2D eigenvalue weighted by Crippen LogP contribution is -2.38. The summed E-state index contributed by atoms with van der Waals surface area (Å²) in [7, 11) is 3.96. The van der Waals surface area contributed by atoms with Crippen molar-refractivity contribution in [1.82, 2.24) is 4.90 Å². The van der Waals surface area contributed by atoms with Gasteiger partial charge in [0.05, 0.1) is 5.92 Å². The number of nitrogens with zero attached hydrogens (tertiary/aromatic N) is 1. The third kappa shape index (κ3) is 2.69. The lowest BCUT2D eigenvalue weighted by atomic mass is 9.94. The van der Waals surface area contributed by atoms with Crippen molar-refractivity contribution in [2.45, 2.75) is 38.1 Å². The molecule has 0 saturated heterocycles. The molecule has 1 aliphatic rings. The predicted octanol–water partition coefficient (Wildman–Crippen LogP) is 1.58. The van der Waals surface area contributed by atoms with Crippen molar-refractivity contribution in [2.75, 3.05) is 14.1 Å². The fourth-order valence-corrected chi connectivity index (χ4v) is 2.19. The van der Waals surface area contributed by atoms with Crippen molar-refractivity contribution in [3.8, 4) is 0 Å². The minimum Gasteiger partial charge on any atom is -0.481 e. The smallest absolute Gasteiger partial charge is 0.308 e. The number of carboxylic acid groups (broad SMARTS) is 1. The van der Waals surface area contributed by atoms with Crippen LogP contribution in [0.3, 0.4) is 0 Å². The number of hydrogen-bond donors (Lipinski definition) is 1. The average molecular weight is 185 g/mol. The Morgan fingerprint density at radius 2 is 1.85 bits per heavy atom. The third-order valence-electron chi connectivity index (χ3n) is 2.96. The maximum Gasteiger partial charge on any atom is 0.308 e. The molecule has 0 amide bonds. The molecule has 3 heteroatoms. The Labute approximate surface area is 79.7 Å². The molecule has 1 fully saturated rings. The Balaban J connectivity index is 2.66. The fourth-order valence-electron chi connectivity index (χ4n) is 2.19. The molecule has 2 unspecified atom stereocenters. The molecule has 0 aromatic carbocycles. The van der Waals surface area contributed by atoms with Gasteiger partial charge in [-0.1, -0.05) is 19.3 Å². The van der Waals surface area contributed by atoms with Crippen molar-refractivity contribution in [2.24, 2.45) is 5.92 Å². The number of hydrogen-bond acceptors (Lipinski definition) is 2. The van der Waals surface area contributed by atoms with E-state index < -0.39 is 5.97 Å². The van der Waals surface area contributed by atoms with Gasteiger partial charge < -0.3 is 10.0 Å². The van der Waals surface area contributed by atoms with E-state index in [4.69, 9.17) is 5.11 Å². The zero-order chi connectivity index (χ0) is 9.84. The zero-order valence-corrected chi connectivity index (χ0v) is 8.49. The normalized spacial score (nSPS) is 30.1. The van der Waals surface area contributed by atoms with E-state index in [2.05, 4.69) is 4.90 Å². The first-order valence-corrected chi connectivity index (χ1v) is 5.02. The summed E-state index contributed by atoms with van der Waals surface area (Å²) in [4.78, 5) is 13.1. The van der Waals surface area contributed by atoms with E-state index in [1.54, 1.807) is 0 Å². The second-order valence-corrected chi connectivity index (χ2v) is 4.11. The topological polar surface area (TPSA) is 40.5 Å².